The summed E-state index contributed by atoms with van der Waals surface area (Å²) >= 11 is 3.82. The van der Waals surface area contributed by atoms with E-state index >= 15 is 0 Å². The Bertz CT molecular complexity index is 395. The van der Waals surface area contributed by atoms with Crippen LogP contribution in [0.4, 0.5) is 13.2 Å². The third-order valence-electron chi connectivity index (χ3n) is 1.91. The highest BCUT2D eigenvalue weighted by Crippen LogP contribution is 2.35. The summed E-state index contributed by atoms with van der Waals surface area (Å²) in [6.07, 6.45) is -5.48. The molecule has 0 amide bonds. The molecule has 0 saturated carbocycles. The van der Waals surface area contributed by atoms with Gasteiger partial charge in [0.15, 0.2) is 0 Å². The van der Waals surface area contributed by atoms with E-state index in [-0.39, 0.29) is 11.3 Å². The third kappa shape index (κ3) is 3.91. The standard InChI is InChI=1S/C9H8F3I2NO/c10-9(11,12)3-7(15)5-1-4(13)2-6(14)8(5)16/h1-2,7,16H,3,15H2/t7-/m1/s1. The lowest BCUT2D eigenvalue weighted by molar-refractivity contribution is -0.138. The fourth-order valence-electron chi connectivity index (χ4n) is 1.23. The third-order valence-corrected chi connectivity index (χ3v) is 3.35. The largest absolute Gasteiger partial charge is 0.506 e. The molecule has 0 unspecified atom stereocenters. The molecule has 1 atom stereocenters. The van der Waals surface area contributed by atoms with Gasteiger partial charge in [0.05, 0.1) is 9.99 Å². The van der Waals surface area contributed by atoms with E-state index in [9.17, 15) is 18.3 Å². The summed E-state index contributed by atoms with van der Waals surface area (Å²) in [5.41, 5.74) is 5.57. The van der Waals surface area contributed by atoms with Crippen LogP contribution in [0.15, 0.2) is 12.1 Å². The molecule has 0 aliphatic carbocycles. The molecule has 16 heavy (non-hydrogen) atoms. The molecule has 90 valence electrons. The van der Waals surface area contributed by atoms with Gasteiger partial charge in [0.2, 0.25) is 0 Å². The zero-order valence-electron chi connectivity index (χ0n) is 7.85. The normalized spacial score (nSPS) is 13.9. The maximum atomic E-state index is 12.2. The SMILES string of the molecule is N[C@H](CC(F)(F)F)c1cc(I)cc(I)c1O. The van der Waals surface area contributed by atoms with Crippen molar-refractivity contribution in [2.45, 2.75) is 18.6 Å². The van der Waals surface area contributed by atoms with Crippen LogP contribution in [0, 0.1) is 7.14 Å². The van der Waals surface area contributed by atoms with Crippen molar-refractivity contribution in [1.29, 1.82) is 0 Å². The van der Waals surface area contributed by atoms with Crippen molar-refractivity contribution in [3.8, 4) is 5.75 Å². The molecular formula is C9H8F3I2NO. The lowest BCUT2D eigenvalue weighted by Crippen LogP contribution is -2.20. The Hall–Kier alpha value is 0.230. The molecule has 0 spiro atoms. The molecule has 0 aliphatic heterocycles. The number of aromatic hydroxyl groups is 1. The monoisotopic (exact) mass is 457 g/mol. The highest BCUT2D eigenvalue weighted by atomic mass is 127. The van der Waals surface area contributed by atoms with Crippen molar-refractivity contribution in [3.05, 3.63) is 24.8 Å². The Morgan fingerprint density at radius 1 is 1.31 bits per heavy atom. The van der Waals surface area contributed by atoms with Crippen molar-refractivity contribution in [2.24, 2.45) is 5.73 Å². The molecule has 1 aromatic rings. The van der Waals surface area contributed by atoms with Crippen LogP contribution in [0.2, 0.25) is 0 Å². The van der Waals surface area contributed by atoms with Gasteiger partial charge in [0.25, 0.3) is 0 Å². The second kappa shape index (κ2) is 5.25. The quantitative estimate of drug-likeness (QED) is 0.668. The lowest BCUT2D eigenvalue weighted by Gasteiger charge is -2.16. The van der Waals surface area contributed by atoms with E-state index in [0.29, 0.717) is 3.57 Å². The lowest BCUT2D eigenvalue weighted by atomic mass is 10.0. The zero-order chi connectivity index (χ0) is 12.5. The van der Waals surface area contributed by atoms with Crippen LogP contribution in [0.25, 0.3) is 0 Å². The summed E-state index contributed by atoms with van der Waals surface area (Å²) < 4.78 is 37.7. The van der Waals surface area contributed by atoms with E-state index < -0.39 is 18.6 Å². The number of halogens is 5. The van der Waals surface area contributed by atoms with E-state index in [2.05, 4.69) is 0 Å². The van der Waals surface area contributed by atoms with Crippen molar-refractivity contribution >= 4 is 45.2 Å². The fraction of sp³-hybridized carbons (Fsp3) is 0.333. The van der Waals surface area contributed by atoms with Crippen molar-refractivity contribution < 1.29 is 18.3 Å². The van der Waals surface area contributed by atoms with Gasteiger partial charge in [0, 0.05) is 15.2 Å². The average molecular weight is 457 g/mol. The van der Waals surface area contributed by atoms with Gasteiger partial charge in [-0.1, -0.05) is 0 Å². The second-order valence-corrected chi connectivity index (χ2v) is 5.66. The molecule has 0 heterocycles. The first-order valence-electron chi connectivity index (χ1n) is 4.21. The number of rotatable bonds is 2. The van der Waals surface area contributed by atoms with Gasteiger partial charge in [-0.25, -0.2) is 0 Å². The summed E-state index contributed by atoms with van der Waals surface area (Å²) in [5, 5.41) is 9.63. The molecule has 0 fully saturated rings. The smallest absolute Gasteiger partial charge is 0.390 e. The Morgan fingerprint density at radius 2 is 1.88 bits per heavy atom. The van der Waals surface area contributed by atoms with Crippen LogP contribution in [0.3, 0.4) is 0 Å². The number of phenolic OH excluding ortho intramolecular Hbond substituents is 1. The minimum Gasteiger partial charge on any atom is -0.506 e. The Labute approximate surface area is 118 Å². The first-order valence-corrected chi connectivity index (χ1v) is 6.36. The van der Waals surface area contributed by atoms with E-state index in [1.165, 1.54) is 6.07 Å². The van der Waals surface area contributed by atoms with Gasteiger partial charge >= 0.3 is 6.18 Å². The van der Waals surface area contributed by atoms with E-state index in [0.717, 1.165) is 3.57 Å². The van der Waals surface area contributed by atoms with E-state index in [1.807, 2.05) is 45.2 Å². The number of nitrogens with two attached hydrogens (primary N) is 1. The molecular weight excluding hydrogens is 449 g/mol. The predicted octanol–water partition coefficient (Wildman–Crippen LogP) is 3.55. The minimum atomic E-state index is -4.33. The summed E-state index contributed by atoms with van der Waals surface area (Å²) in [6.45, 7) is 0. The topological polar surface area (TPSA) is 46.2 Å². The highest BCUT2D eigenvalue weighted by Gasteiger charge is 2.32. The fourth-order valence-corrected chi connectivity index (χ4v) is 3.12. The Morgan fingerprint density at radius 3 is 2.38 bits per heavy atom. The molecule has 3 N–H and O–H groups in total. The van der Waals surface area contributed by atoms with Gasteiger partial charge in [0.1, 0.15) is 5.75 Å². The van der Waals surface area contributed by atoms with Crippen LogP contribution in [0.5, 0.6) is 5.75 Å². The van der Waals surface area contributed by atoms with Crippen LogP contribution in [-0.4, -0.2) is 11.3 Å². The van der Waals surface area contributed by atoms with Gasteiger partial charge in [-0.05, 0) is 57.3 Å². The Kier molecular flexibility index (Phi) is 4.69. The first-order chi connectivity index (χ1) is 7.20. The average Bonchev–Trinajstić information content (AvgIpc) is 2.08. The van der Waals surface area contributed by atoms with Gasteiger partial charge < -0.3 is 10.8 Å². The first kappa shape index (κ1) is 14.3. The number of hydrogen-bond donors (Lipinski definition) is 2. The molecule has 0 aromatic heterocycles. The maximum Gasteiger partial charge on any atom is 0.390 e. The molecule has 0 saturated heterocycles. The second-order valence-electron chi connectivity index (χ2n) is 3.25. The van der Waals surface area contributed by atoms with E-state index in [1.54, 1.807) is 6.07 Å². The number of hydrogen-bond acceptors (Lipinski definition) is 2. The molecule has 1 rings (SSSR count). The molecule has 1 aromatic carbocycles. The number of phenols is 1. The zero-order valence-corrected chi connectivity index (χ0v) is 12.2. The predicted molar refractivity (Wildman–Crippen MR) is 71.1 cm³/mol. The van der Waals surface area contributed by atoms with Crippen molar-refractivity contribution in [1.82, 2.24) is 0 Å². The van der Waals surface area contributed by atoms with Gasteiger partial charge in [-0.3, -0.25) is 0 Å². The maximum absolute atomic E-state index is 12.2. The van der Waals surface area contributed by atoms with Gasteiger partial charge in [-0.2, -0.15) is 13.2 Å². The van der Waals surface area contributed by atoms with Crippen LogP contribution >= 0.6 is 45.2 Å². The summed E-state index contributed by atoms with van der Waals surface area (Å²) in [7, 11) is 0. The van der Waals surface area contributed by atoms with E-state index in [4.69, 9.17) is 5.73 Å². The Balaban J connectivity index is 3.04. The number of alkyl halides is 3. The molecule has 7 heteroatoms. The van der Waals surface area contributed by atoms with Gasteiger partial charge in [-0.15, -0.1) is 0 Å². The van der Waals surface area contributed by atoms with Crippen LogP contribution < -0.4 is 5.73 Å². The van der Waals surface area contributed by atoms with Crippen LogP contribution in [-0.2, 0) is 0 Å². The van der Waals surface area contributed by atoms with Crippen molar-refractivity contribution in [3.63, 3.8) is 0 Å². The summed E-state index contributed by atoms with van der Waals surface area (Å²) in [5.74, 6) is -0.169. The molecule has 0 bridgehead atoms. The molecule has 0 aliphatic rings. The minimum absolute atomic E-state index is 0.133. The molecule has 0 radical (unpaired) electrons. The van der Waals surface area contributed by atoms with Crippen LogP contribution in [0.1, 0.15) is 18.0 Å². The summed E-state index contributed by atoms with van der Waals surface area (Å²) in [6, 6.07) is 1.90. The number of benzene rings is 1. The highest BCUT2D eigenvalue weighted by molar-refractivity contribution is 14.1. The molecule has 2 nitrogen and oxygen atoms in total. The summed E-state index contributed by atoms with van der Waals surface area (Å²) in [4.78, 5) is 0. The van der Waals surface area contributed by atoms with Crippen molar-refractivity contribution in [2.75, 3.05) is 0 Å².